The minimum absolute atomic E-state index is 0. The molecule has 2 unspecified atom stereocenters. The van der Waals surface area contributed by atoms with Gasteiger partial charge in [-0.05, 0) is 0 Å². The summed E-state index contributed by atoms with van der Waals surface area (Å²) in [5.41, 5.74) is 0. The normalized spacial score (nSPS) is 31.9. The zero-order chi connectivity index (χ0) is 6.85. The first-order chi connectivity index (χ1) is 4.20. The third-order valence-corrected chi connectivity index (χ3v) is 2.29. The molecule has 2 nitrogen and oxygen atoms in total. The molecule has 1 rings (SSSR count). The van der Waals surface area contributed by atoms with E-state index in [1.54, 1.807) is 0 Å². The molecule has 1 aliphatic heterocycles. The van der Waals surface area contributed by atoms with Crippen LogP contribution in [0.5, 0.6) is 0 Å². The summed E-state index contributed by atoms with van der Waals surface area (Å²) in [6, 6.07) is 0. The van der Waals surface area contributed by atoms with Gasteiger partial charge in [0.1, 0.15) is 8.38 Å². The molecule has 0 amide bonds. The van der Waals surface area contributed by atoms with Crippen molar-refractivity contribution in [3.8, 4) is 0 Å². The van der Waals surface area contributed by atoms with Crippen molar-refractivity contribution in [1.82, 2.24) is 0 Å². The molecule has 0 saturated carbocycles. The molecule has 1 heterocycles. The molecular weight excluding hydrogens is 370 g/mol. The van der Waals surface area contributed by atoms with E-state index < -0.39 is 8.38 Å². The maximum Gasteiger partial charge on any atom is 0.101 e. The van der Waals surface area contributed by atoms with Gasteiger partial charge in [0.2, 0.25) is 0 Å². The topological polar surface area (TPSA) is 18.5 Å². The largest absolute Gasteiger partial charge is 0.515 e. The van der Waals surface area contributed by atoms with Gasteiger partial charge in [-0.1, -0.05) is 0 Å². The Morgan fingerprint density at radius 2 is 2.09 bits per heavy atom. The van der Waals surface area contributed by atoms with Crippen LogP contribution in [0.25, 0.3) is 0 Å². The summed E-state index contributed by atoms with van der Waals surface area (Å²) in [7, 11) is -0.650. The predicted octanol–water partition coefficient (Wildman–Crippen LogP) is 2.32. The molecule has 0 N–H and O–H groups in total. The fourth-order valence-corrected chi connectivity index (χ4v) is 1.55. The monoisotopic (exact) mass is 381 g/mol. The van der Waals surface area contributed by atoms with Crippen molar-refractivity contribution in [2.75, 3.05) is 6.66 Å². The minimum atomic E-state index is -0.650. The van der Waals surface area contributed by atoms with Crippen molar-refractivity contribution in [2.24, 2.45) is 5.92 Å². The zero-order valence-electron chi connectivity index (χ0n) is 6.77. The van der Waals surface area contributed by atoms with E-state index in [2.05, 4.69) is 6.92 Å². The quantitative estimate of drug-likeness (QED) is 0.474. The van der Waals surface area contributed by atoms with Crippen LogP contribution in [0.15, 0.2) is 0 Å². The average Bonchev–Trinajstić information content (AvgIpc) is 1.80. The van der Waals surface area contributed by atoms with Gasteiger partial charge >= 0.3 is 0 Å². The summed E-state index contributed by atoms with van der Waals surface area (Å²) in [5, 5.41) is 0. The first-order valence-corrected chi connectivity index (χ1v) is 4.58. The summed E-state index contributed by atoms with van der Waals surface area (Å²) < 4.78 is 10.5. The smallest absolute Gasteiger partial charge is 0.101 e. The van der Waals surface area contributed by atoms with Gasteiger partial charge in [0, 0.05) is 46.3 Å². The molecule has 0 aromatic rings. The van der Waals surface area contributed by atoms with Crippen molar-refractivity contribution in [1.29, 1.82) is 0 Å². The van der Waals surface area contributed by atoms with Crippen LogP contribution in [0.3, 0.4) is 0 Å². The van der Waals surface area contributed by atoms with Crippen molar-refractivity contribution in [2.45, 2.75) is 13.8 Å². The molecule has 11 heavy (non-hydrogen) atoms. The van der Waals surface area contributed by atoms with Crippen LogP contribution < -0.4 is 0 Å². The van der Waals surface area contributed by atoms with Crippen LogP contribution in [0.1, 0.15) is 13.8 Å². The Bertz CT molecular complexity index is 107. The van der Waals surface area contributed by atoms with Gasteiger partial charge < -0.3 is 9.05 Å². The summed E-state index contributed by atoms with van der Waals surface area (Å²) >= 11 is 0. The molecule has 1 radical (unpaired) electrons. The van der Waals surface area contributed by atoms with Gasteiger partial charge in [-0.25, -0.2) is 12.7 Å². The molecule has 1 aliphatic rings. The SMILES string of the molecule is C[C-]1OP(C)O[CH-]C1C.[V].[W]. The first-order valence-electron chi connectivity index (χ1n) is 2.95. The third-order valence-electron chi connectivity index (χ3n) is 1.33. The van der Waals surface area contributed by atoms with Gasteiger partial charge in [0.05, 0.1) is 0 Å². The van der Waals surface area contributed by atoms with Crippen LogP contribution in [0, 0.1) is 18.6 Å². The second-order valence-electron chi connectivity index (χ2n) is 2.17. The molecule has 65 valence electrons. The minimum Gasteiger partial charge on any atom is -0.515 e. The van der Waals surface area contributed by atoms with E-state index >= 15 is 0 Å². The Kier molecular flexibility index (Phi) is 9.71. The number of hydrogen-bond acceptors (Lipinski definition) is 2. The van der Waals surface area contributed by atoms with E-state index in [4.69, 9.17) is 9.05 Å². The first kappa shape index (κ1) is 15.1. The Hall–Kier alpha value is 1.62. The van der Waals surface area contributed by atoms with Crippen LogP contribution in [0.4, 0.5) is 0 Å². The molecule has 2 atom stereocenters. The van der Waals surface area contributed by atoms with E-state index in [1.807, 2.05) is 20.2 Å². The van der Waals surface area contributed by atoms with Gasteiger partial charge in [0.25, 0.3) is 0 Å². The summed E-state index contributed by atoms with van der Waals surface area (Å²) in [6.45, 7) is 7.83. The van der Waals surface area contributed by atoms with E-state index in [0.29, 0.717) is 5.92 Å². The summed E-state index contributed by atoms with van der Waals surface area (Å²) in [5.74, 6) is 0.351. The fraction of sp³-hybridized carbons (Fsp3) is 0.667. The summed E-state index contributed by atoms with van der Waals surface area (Å²) in [4.78, 5) is 0. The second kappa shape index (κ2) is 7.07. The molecule has 1 fully saturated rings. The Morgan fingerprint density at radius 3 is 2.45 bits per heavy atom. The number of hydrogen-bond donors (Lipinski definition) is 0. The average molecular weight is 381 g/mol. The van der Waals surface area contributed by atoms with E-state index in [9.17, 15) is 0 Å². The predicted molar refractivity (Wildman–Crippen MR) is 37.4 cm³/mol. The molecule has 0 aliphatic carbocycles. The van der Waals surface area contributed by atoms with Gasteiger partial charge in [-0.2, -0.15) is 6.92 Å². The van der Waals surface area contributed by atoms with E-state index in [-0.39, 0.29) is 39.6 Å². The van der Waals surface area contributed by atoms with Gasteiger partial charge in [-0.15, -0.1) is 6.92 Å². The van der Waals surface area contributed by atoms with Crippen molar-refractivity contribution < 1.29 is 48.7 Å². The zero-order valence-corrected chi connectivity index (χ0v) is 12.0. The van der Waals surface area contributed by atoms with E-state index in [1.165, 1.54) is 0 Å². The Labute approximate surface area is 95.9 Å². The van der Waals surface area contributed by atoms with Crippen molar-refractivity contribution in [3.63, 3.8) is 0 Å². The van der Waals surface area contributed by atoms with Crippen LogP contribution in [-0.2, 0) is 48.7 Å². The molecule has 0 aromatic heterocycles. The van der Waals surface area contributed by atoms with Crippen LogP contribution in [0.2, 0.25) is 0 Å². The molecule has 5 heteroatoms. The fourth-order valence-electron chi connectivity index (χ4n) is 0.580. The van der Waals surface area contributed by atoms with Crippen LogP contribution in [-0.4, -0.2) is 6.66 Å². The standard InChI is InChI=1S/C6H11O2P.V.W/c1-5-4-7-9(3)8-6(5)2;;/h4-5H,1-3H3;;/q-2;;. The second-order valence-corrected chi connectivity index (χ2v) is 3.44. The third kappa shape index (κ3) is 5.03. The van der Waals surface area contributed by atoms with Crippen molar-refractivity contribution in [3.05, 3.63) is 12.7 Å². The van der Waals surface area contributed by atoms with Crippen LogP contribution >= 0.6 is 8.38 Å². The van der Waals surface area contributed by atoms with E-state index in [0.717, 1.165) is 6.10 Å². The summed E-state index contributed by atoms with van der Waals surface area (Å²) in [6.07, 6.45) is 1.06. The van der Waals surface area contributed by atoms with Gasteiger partial charge in [0.15, 0.2) is 0 Å². The molecule has 0 spiro atoms. The van der Waals surface area contributed by atoms with Gasteiger partial charge in [-0.3, -0.25) is 5.92 Å². The maximum absolute atomic E-state index is 5.33. The van der Waals surface area contributed by atoms with Crippen molar-refractivity contribution >= 4 is 8.38 Å². The Morgan fingerprint density at radius 1 is 1.55 bits per heavy atom. The number of rotatable bonds is 0. The Balaban J connectivity index is 0. The maximum atomic E-state index is 5.33. The molecule has 0 bridgehead atoms. The molecular formula is C6H11O2PVW-2. The molecule has 1 saturated heterocycles. The molecule has 0 aromatic carbocycles.